The fourth-order valence-electron chi connectivity index (χ4n) is 2.69. The lowest BCUT2D eigenvalue weighted by molar-refractivity contribution is -0.137. The normalized spacial score (nSPS) is 19.5. The molecule has 2 aromatic rings. The van der Waals surface area contributed by atoms with Crippen LogP contribution in [0.4, 0.5) is 13.2 Å². The SMILES string of the molecule is O=C(O)c1ccc(CNC(=O)C2CC2c2cccc(C(F)(F)F)c2)o1. The number of carbonyl (C=O) groups excluding carboxylic acids is 1. The molecular formula is C17H14F3NO4. The van der Waals surface area contributed by atoms with Crippen LogP contribution < -0.4 is 5.32 Å². The molecular weight excluding hydrogens is 339 g/mol. The molecule has 132 valence electrons. The van der Waals surface area contributed by atoms with Crippen molar-refractivity contribution in [3.05, 3.63) is 59.0 Å². The molecule has 2 unspecified atom stereocenters. The molecule has 1 amide bonds. The van der Waals surface area contributed by atoms with E-state index in [0.29, 0.717) is 17.7 Å². The molecule has 0 bridgehead atoms. The molecule has 1 heterocycles. The van der Waals surface area contributed by atoms with E-state index in [2.05, 4.69) is 5.32 Å². The number of carbonyl (C=O) groups is 2. The number of hydrogen-bond acceptors (Lipinski definition) is 3. The highest BCUT2D eigenvalue weighted by Gasteiger charge is 2.44. The van der Waals surface area contributed by atoms with Crippen molar-refractivity contribution in [1.29, 1.82) is 0 Å². The van der Waals surface area contributed by atoms with Crippen LogP contribution in [0.5, 0.6) is 0 Å². The first-order valence-corrected chi connectivity index (χ1v) is 7.52. The second kappa shape index (κ2) is 6.27. The molecule has 0 radical (unpaired) electrons. The van der Waals surface area contributed by atoms with E-state index in [1.165, 1.54) is 18.2 Å². The molecule has 1 aliphatic rings. The number of furan rings is 1. The maximum atomic E-state index is 12.7. The minimum absolute atomic E-state index is 0.0257. The van der Waals surface area contributed by atoms with Crippen LogP contribution in [-0.4, -0.2) is 17.0 Å². The predicted octanol–water partition coefficient (Wildman–Crippen LogP) is 3.42. The summed E-state index contributed by atoms with van der Waals surface area (Å²) in [6, 6.07) is 7.72. The maximum Gasteiger partial charge on any atom is 0.416 e. The van der Waals surface area contributed by atoms with E-state index in [1.54, 1.807) is 6.07 Å². The molecule has 1 aliphatic carbocycles. The van der Waals surface area contributed by atoms with Gasteiger partial charge < -0.3 is 14.8 Å². The summed E-state index contributed by atoms with van der Waals surface area (Å²) in [6.07, 6.45) is -3.94. The van der Waals surface area contributed by atoms with Crippen LogP contribution in [0.15, 0.2) is 40.8 Å². The summed E-state index contributed by atoms with van der Waals surface area (Å²) in [4.78, 5) is 22.8. The fourth-order valence-corrected chi connectivity index (χ4v) is 2.69. The van der Waals surface area contributed by atoms with Gasteiger partial charge in [-0.25, -0.2) is 4.79 Å². The number of nitrogens with one attached hydrogen (secondary N) is 1. The molecule has 2 atom stereocenters. The van der Waals surface area contributed by atoms with Crippen LogP contribution in [0, 0.1) is 5.92 Å². The summed E-state index contributed by atoms with van der Waals surface area (Å²) >= 11 is 0. The minimum Gasteiger partial charge on any atom is -0.475 e. The zero-order valence-corrected chi connectivity index (χ0v) is 12.8. The third kappa shape index (κ3) is 3.84. The van der Waals surface area contributed by atoms with Gasteiger partial charge in [-0.15, -0.1) is 0 Å². The Morgan fingerprint density at radius 3 is 2.64 bits per heavy atom. The molecule has 2 N–H and O–H groups in total. The molecule has 1 aromatic carbocycles. The van der Waals surface area contributed by atoms with Crippen LogP contribution in [-0.2, 0) is 17.5 Å². The Bertz CT molecular complexity index is 812. The van der Waals surface area contributed by atoms with Crippen molar-refractivity contribution in [3.8, 4) is 0 Å². The van der Waals surface area contributed by atoms with E-state index in [-0.39, 0.29) is 24.1 Å². The maximum absolute atomic E-state index is 12.7. The first-order valence-electron chi connectivity index (χ1n) is 7.52. The van der Waals surface area contributed by atoms with Gasteiger partial charge in [-0.05, 0) is 36.1 Å². The zero-order valence-electron chi connectivity index (χ0n) is 12.8. The standard InChI is InChI=1S/C17H14F3NO4/c18-17(19,20)10-3-1-2-9(6-10)12-7-13(12)15(22)21-8-11-4-5-14(25-11)16(23)24/h1-6,12-13H,7-8H2,(H,21,22)(H,23,24). The second-order valence-electron chi connectivity index (χ2n) is 5.86. The molecule has 3 rings (SSSR count). The molecule has 1 fully saturated rings. The van der Waals surface area contributed by atoms with E-state index < -0.39 is 23.6 Å². The van der Waals surface area contributed by atoms with Crippen LogP contribution in [0.3, 0.4) is 0 Å². The average Bonchev–Trinajstić information content (AvgIpc) is 3.22. The van der Waals surface area contributed by atoms with Gasteiger partial charge in [0.05, 0.1) is 12.1 Å². The Morgan fingerprint density at radius 1 is 1.24 bits per heavy atom. The number of alkyl halides is 3. The molecule has 1 saturated carbocycles. The Balaban J connectivity index is 1.58. The van der Waals surface area contributed by atoms with E-state index in [9.17, 15) is 22.8 Å². The molecule has 25 heavy (non-hydrogen) atoms. The second-order valence-corrected chi connectivity index (χ2v) is 5.86. The monoisotopic (exact) mass is 353 g/mol. The van der Waals surface area contributed by atoms with Crippen molar-refractivity contribution in [2.24, 2.45) is 5.92 Å². The van der Waals surface area contributed by atoms with Crippen LogP contribution in [0.1, 0.15) is 39.8 Å². The molecule has 5 nitrogen and oxygen atoms in total. The van der Waals surface area contributed by atoms with E-state index in [4.69, 9.17) is 9.52 Å². The van der Waals surface area contributed by atoms with E-state index in [0.717, 1.165) is 12.1 Å². The van der Waals surface area contributed by atoms with Crippen LogP contribution >= 0.6 is 0 Å². The highest BCUT2D eigenvalue weighted by molar-refractivity contribution is 5.84. The number of halogens is 3. The Hall–Kier alpha value is -2.77. The Morgan fingerprint density at radius 2 is 2.00 bits per heavy atom. The number of aromatic carboxylic acids is 1. The van der Waals surface area contributed by atoms with Crippen molar-refractivity contribution < 1.29 is 32.3 Å². The summed E-state index contributed by atoms with van der Waals surface area (Å²) in [7, 11) is 0. The number of hydrogen-bond donors (Lipinski definition) is 2. The quantitative estimate of drug-likeness (QED) is 0.863. The van der Waals surface area contributed by atoms with Gasteiger partial charge in [-0.3, -0.25) is 4.79 Å². The number of benzene rings is 1. The van der Waals surface area contributed by atoms with Gasteiger partial charge in [0.15, 0.2) is 0 Å². The van der Waals surface area contributed by atoms with Gasteiger partial charge in [0.2, 0.25) is 11.7 Å². The van der Waals surface area contributed by atoms with Gasteiger partial charge in [0.25, 0.3) is 0 Å². The number of amides is 1. The van der Waals surface area contributed by atoms with Crippen molar-refractivity contribution in [3.63, 3.8) is 0 Å². The zero-order chi connectivity index (χ0) is 18.2. The van der Waals surface area contributed by atoms with Crippen molar-refractivity contribution >= 4 is 11.9 Å². The fraction of sp³-hybridized carbons (Fsp3) is 0.294. The highest BCUT2D eigenvalue weighted by Crippen LogP contribution is 2.48. The highest BCUT2D eigenvalue weighted by atomic mass is 19.4. The summed E-state index contributed by atoms with van der Waals surface area (Å²) in [6.45, 7) is 0.0257. The van der Waals surface area contributed by atoms with Crippen molar-refractivity contribution in [1.82, 2.24) is 5.32 Å². The summed E-state index contributed by atoms with van der Waals surface area (Å²) in [5.74, 6) is -2.06. The smallest absolute Gasteiger partial charge is 0.416 e. The lowest BCUT2D eigenvalue weighted by Crippen LogP contribution is -2.24. The van der Waals surface area contributed by atoms with Gasteiger partial charge >= 0.3 is 12.1 Å². The summed E-state index contributed by atoms with van der Waals surface area (Å²) < 4.78 is 43.3. The van der Waals surface area contributed by atoms with Gasteiger partial charge in [0.1, 0.15) is 5.76 Å². The van der Waals surface area contributed by atoms with E-state index >= 15 is 0 Å². The van der Waals surface area contributed by atoms with Crippen LogP contribution in [0.25, 0.3) is 0 Å². The summed E-state index contributed by atoms with van der Waals surface area (Å²) in [5.41, 5.74) is -0.242. The van der Waals surface area contributed by atoms with Gasteiger partial charge in [-0.1, -0.05) is 18.2 Å². The first-order chi connectivity index (χ1) is 11.8. The molecule has 0 aliphatic heterocycles. The molecule has 1 aromatic heterocycles. The molecule has 0 saturated heterocycles. The largest absolute Gasteiger partial charge is 0.475 e. The van der Waals surface area contributed by atoms with Crippen LogP contribution in [0.2, 0.25) is 0 Å². The summed E-state index contributed by atoms with van der Waals surface area (Å²) in [5, 5.41) is 11.4. The number of carboxylic acids is 1. The Labute approximate surface area is 140 Å². The third-order valence-electron chi connectivity index (χ3n) is 4.08. The number of carboxylic acid groups (broad SMARTS) is 1. The molecule has 8 heteroatoms. The first kappa shape index (κ1) is 17.1. The van der Waals surface area contributed by atoms with Gasteiger partial charge in [-0.2, -0.15) is 13.2 Å². The van der Waals surface area contributed by atoms with Gasteiger partial charge in [0, 0.05) is 5.92 Å². The van der Waals surface area contributed by atoms with E-state index in [1.807, 2.05) is 0 Å². The van der Waals surface area contributed by atoms with Crippen molar-refractivity contribution in [2.75, 3.05) is 0 Å². The molecule has 0 spiro atoms. The minimum atomic E-state index is -4.41. The Kier molecular flexibility index (Phi) is 4.28. The topological polar surface area (TPSA) is 79.5 Å². The lowest BCUT2D eigenvalue weighted by Gasteiger charge is -2.08. The average molecular weight is 353 g/mol. The lowest BCUT2D eigenvalue weighted by atomic mass is 10.1. The predicted molar refractivity (Wildman–Crippen MR) is 79.8 cm³/mol. The third-order valence-corrected chi connectivity index (χ3v) is 4.08. The number of rotatable bonds is 5. The van der Waals surface area contributed by atoms with Crippen molar-refractivity contribution in [2.45, 2.75) is 25.1 Å².